The number of hydrogen-bond donors (Lipinski definition) is 2. The summed E-state index contributed by atoms with van der Waals surface area (Å²) in [4.78, 5) is 20.6. The van der Waals surface area contributed by atoms with Crippen molar-refractivity contribution in [2.24, 2.45) is 0 Å². The van der Waals surface area contributed by atoms with Crippen LogP contribution in [0.3, 0.4) is 0 Å². The molecule has 2 N–H and O–H groups in total. The van der Waals surface area contributed by atoms with Gasteiger partial charge in [0.25, 0.3) is 5.91 Å². The second kappa shape index (κ2) is 8.13. The molecule has 1 fully saturated rings. The zero-order valence-electron chi connectivity index (χ0n) is 13.8. The first kappa shape index (κ1) is 17.4. The van der Waals surface area contributed by atoms with Crippen LogP contribution in [0, 0.1) is 0 Å². The maximum absolute atomic E-state index is 12.3. The molecule has 0 aliphatic carbocycles. The molecule has 3 rings (SSSR count). The van der Waals surface area contributed by atoms with Crippen molar-refractivity contribution in [3.05, 3.63) is 41.2 Å². The molecule has 0 saturated carbocycles. The topological polar surface area (TPSA) is 85.4 Å². The normalized spacial score (nSPS) is 16.5. The van der Waals surface area contributed by atoms with Crippen LogP contribution in [-0.2, 0) is 4.74 Å². The number of halogens is 1. The molecule has 8 heteroatoms. The van der Waals surface area contributed by atoms with Gasteiger partial charge in [-0.2, -0.15) is 0 Å². The van der Waals surface area contributed by atoms with Gasteiger partial charge in [-0.25, -0.2) is 9.97 Å². The van der Waals surface area contributed by atoms with E-state index in [-0.39, 0.29) is 12.0 Å². The zero-order valence-corrected chi connectivity index (χ0v) is 14.5. The number of nitrogens with one attached hydrogen (secondary N) is 2. The molecule has 7 nitrogen and oxygen atoms in total. The van der Waals surface area contributed by atoms with Gasteiger partial charge in [0.15, 0.2) is 0 Å². The van der Waals surface area contributed by atoms with Gasteiger partial charge in [-0.15, -0.1) is 0 Å². The second-order valence-corrected chi connectivity index (χ2v) is 6.02. The fraction of sp³-hybridized carbons (Fsp3) is 0.353. The van der Waals surface area contributed by atoms with Gasteiger partial charge in [-0.05, 0) is 31.0 Å². The van der Waals surface area contributed by atoms with E-state index < -0.39 is 0 Å². The van der Waals surface area contributed by atoms with E-state index in [4.69, 9.17) is 21.1 Å². The molecule has 0 bridgehead atoms. The maximum atomic E-state index is 12.3. The van der Waals surface area contributed by atoms with Crippen molar-refractivity contribution >= 4 is 29.1 Å². The minimum Gasteiger partial charge on any atom is -0.495 e. The van der Waals surface area contributed by atoms with Crippen LogP contribution in [-0.4, -0.2) is 42.2 Å². The van der Waals surface area contributed by atoms with E-state index in [1.807, 2.05) is 0 Å². The van der Waals surface area contributed by atoms with Crippen molar-refractivity contribution in [1.29, 1.82) is 0 Å². The molecule has 2 aromatic rings. The van der Waals surface area contributed by atoms with E-state index in [2.05, 4.69) is 20.6 Å². The number of nitrogens with zero attached hydrogens (tertiary/aromatic N) is 2. The summed E-state index contributed by atoms with van der Waals surface area (Å²) in [5.74, 6) is 0.705. The number of benzene rings is 1. The molecule has 1 amide bonds. The number of amides is 1. The largest absolute Gasteiger partial charge is 0.495 e. The highest BCUT2D eigenvalue weighted by atomic mass is 35.5. The van der Waals surface area contributed by atoms with Gasteiger partial charge >= 0.3 is 0 Å². The number of aromatic nitrogens is 2. The number of hydrogen-bond acceptors (Lipinski definition) is 6. The molecule has 1 aliphatic rings. The Morgan fingerprint density at radius 2 is 2.20 bits per heavy atom. The van der Waals surface area contributed by atoms with Crippen LogP contribution in [0.2, 0.25) is 5.02 Å². The summed E-state index contributed by atoms with van der Waals surface area (Å²) >= 11 is 6.05. The van der Waals surface area contributed by atoms with Crippen molar-refractivity contribution in [2.75, 3.05) is 30.9 Å². The standard InChI is InChI=1S/C17H19ClN4O3/c1-24-15-5-4-12(7-14(15)18)22-16(23)11-8-19-17(20-9-11)21-10-13-3-2-6-25-13/h4-5,7-9,13H,2-3,6,10H2,1H3,(H,22,23)(H,19,20,21). The second-order valence-electron chi connectivity index (χ2n) is 5.61. The van der Waals surface area contributed by atoms with Gasteiger partial charge in [0, 0.05) is 31.2 Å². The first-order valence-corrected chi connectivity index (χ1v) is 8.36. The van der Waals surface area contributed by atoms with Crippen LogP contribution in [0.1, 0.15) is 23.2 Å². The van der Waals surface area contributed by atoms with E-state index in [1.165, 1.54) is 19.5 Å². The fourth-order valence-corrected chi connectivity index (χ4v) is 2.75. The minimum absolute atomic E-state index is 0.200. The number of carbonyl (C=O) groups is 1. The first-order valence-electron chi connectivity index (χ1n) is 7.98. The molecule has 0 radical (unpaired) electrons. The first-order chi connectivity index (χ1) is 12.2. The fourth-order valence-electron chi connectivity index (χ4n) is 2.49. The summed E-state index contributed by atoms with van der Waals surface area (Å²) in [6, 6.07) is 5.02. The predicted molar refractivity (Wildman–Crippen MR) is 95.5 cm³/mol. The smallest absolute Gasteiger partial charge is 0.258 e. The Bertz CT molecular complexity index is 733. The van der Waals surface area contributed by atoms with Crippen molar-refractivity contribution in [2.45, 2.75) is 18.9 Å². The highest BCUT2D eigenvalue weighted by molar-refractivity contribution is 6.32. The summed E-state index contributed by atoms with van der Waals surface area (Å²) in [5.41, 5.74) is 0.922. The van der Waals surface area contributed by atoms with Gasteiger partial charge in [-0.1, -0.05) is 11.6 Å². The third kappa shape index (κ3) is 4.58. The number of methoxy groups -OCH3 is 1. The van der Waals surface area contributed by atoms with E-state index in [0.29, 0.717) is 34.5 Å². The van der Waals surface area contributed by atoms with Gasteiger partial charge in [0.2, 0.25) is 5.95 Å². The summed E-state index contributed by atoms with van der Waals surface area (Å²) in [7, 11) is 1.53. The average molecular weight is 363 g/mol. The summed E-state index contributed by atoms with van der Waals surface area (Å²) in [6.07, 6.45) is 5.28. The lowest BCUT2D eigenvalue weighted by Crippen LogP contribution is -2.20. The third-order valence-corrected chi connectivity index (χ3v) is 4.13. The zero-order chi connectivity index (χ0) is 17.6. The number of rotatable bonds is 6. The Morgan fingerprint density at radius 3 is 2.84 bits per heavy atom. The molecule has 1 atom stereocenters. The molecule has 1 aromatic carbocycles. The quantitative estimate of drug-likeness (QED) is 0.821. The molecule has 1 saturated heterocycles. The van der Waals surface area contributed by atoms with Gasteiger partial charge < -0.3 is 20.1 Å². The third-order valence-electron chi connectivity index (χ3n) is 3.84. The SMILES string of the molecule is COc1ccc(NC(=O)c2cnc(NCC3CCCO3)nc2)cc1Cl. The molecule has 0 spiro atoms. The lowest BCUT2D eigenvalue weighted by Gasteiger charge is -2.11. The van der Waals surface area contributed by atoms with Crippen LogP contribution in [0.4, 0.5) is 11.6 Å². The highest BCUT2D eigenvalue weighted by Crippen LogP contribution is 2.27. The summed E-state index contributed by atoms with van der Waals surface area (Å²) in [5, 5.41) is 6.28. The maximum Gasteiger partial charge on any atom is 0.258 e. The molecule has 2 heterocycles. The van der Waals surface area contributed by atoms with Gasteiger partial charge in [-0.3, -0.25) is 4.79 Å². The van der Waals surface area contributed by atoms with E-state index in [9.17, 15) is 4.79 Å². The van der Waals surface area contributed by atoms with E-state index in [1.54, 1.807) is 18.2 Å². The average Bonchev–Trinajstić information content (AvgIpc) is 3.14. The van der Waals surface area contributed by atoms with Crippen molar-refractivity contribution in [3.8, 4) is 5.75 Å². The van der Waals surface area contributed by atoms with Gasteiger partial charge in [0.1, 0.15) is 5.75 Å². The monoisotopic (exact) mass is 362 g/mol. The predicted octanol–water partition coefficient (Wildman–Crippen LogP) is 2.98. The Morgan fingerprint density at radius 1 is 1.40 bits per heavy atom. The number of anilines is 2. The Kier molecular flexibility index (Phi) is 5.67. The van der Waals surface area contributed by atoms with E-state index in [0.717, 1.165) is 19.4 Å². The summed E-state index contributed by atoms with van der Waals surface area (Å²) < 4.78 is 10.6. The Hall–Kier alpha value is -2.38. The lowest BCUT2D eigenvalue weighted by atomic mass is 10.2. The highest BCUT2D eigenvalue weighted by Gasteiger charge is 2.15. The molecule has 1 unspecified atom stereocenters. The molecule has 25 heavy (non-hydrogen) atoms. The Labute approximate surface area is 150 Å². The molecular formula is C17H19ClN4O3. The molecule has 1 aliphatic heterocycles. The van der Waals surface area contributed by atoms with Gasteiger partial charge in [0.05, 0.1) is 23.8 Å². The van der Waals surface area contributed by atoms with E-state index >= 15 is 0 Å². The molecule has 1 aromatic heterocycles. The van der Waals surface area contributed by atoms with Crippen molar-refractivity contribution in [1.82, 2.24) is 9.97 Å². The number of carbonyl (C=O) groups excluding carboxylic acids is 1. The molecule has 132 valence electrons. The van der Waals surface area contributed by atoms with Crippen LogP contribution >= 0.6 is 11.6 Å². The van der Waals surface area contributed by atoms with Crippen LogP contribution in [0.15, 0.2) is 30.6 Å². The summed E-state index contributed by atoms with van der Waals surface area (Å²) in [6.45, 7) is 1.47. The lowest BCUT2D eigenvalue weighted by molar-refractivity contribution is 0.102. The molecular weight excluding hydrogens is 344 g/mol. The van der Waals surface area contributed by atoms with Crippen LogP contribution in [0.5, 0.6) is 5.75 Å². The van der Waals surface area contributed by atoms with Crippen LogP contribution < -0.4 is 15.4 Å². The van der Waals surface area contributed by atoms with Crippen LogP contribution in [0.25, 0.3) is 0 Å². The number of ether oxygens (including phenoxy) is 2. The Balaban J connectivity index is 1.57. The van der Waals surface area contributed by atoms with Crippen molar-refractivity contribution in [3.63, 3.8) is 0 Å². The minimum atomic E-state index is -0.313. The van der Waals surface area contributed by atoms with Crippen molar-refractivity contribution < 1.29 is 14.3 Å².